The van der Waals surface area contributed by atoms with Crippen molar-refractivity contribution in [1.29, 1.82) is 5.26 Å². The van der Waals surface area contributed by atoms with E-state index in [2.05, 4.69) is 16.5 Å². The van der Waals surface area contributed by atoms with Gasteiger partial charge in [-0.25, -0.2) is 0 Å². The Morgan fingerprint density at radius 2 is 2.15 bits per heavy atom. The van der Waals surface area contributed by atoms with Gasteiger partial charge in [0, 0.05) is 11.6 Å². The molecule has 0 bridgehead atoms. The minimum absolute atomic E-state index is 0.489. The van der Waals surface area contributed by atoms with Gasteiger partial charge in [0.1, 0.15) is 6.07 Å². The lowest BCUT2D eigenvalue weighted by molar-refractivity contribution is 0.623. The van der Waals surface area contributed by atoms with Gasteiger partial charge < -0.3 is 5.32 Å². The van der Waals surface area contributed by atoms with E-state index >= 15 is 0 Å². The van der Waals surface area contributed by atoms with E-state index in [-0.39, 0.29) is 0 Å². The van der Waals surface area contributed by atoms with E-state index in [1.807, 2.05) is 18.5 Å². The largest absolute Gasteiger partial charge is 0.378 e. The summed E-state index contributed by atoms with van der Waals surface area (Å²) >= 11 is 12.2. The number of nitrogens with one attached hydrogen (secondary N) is 1. The molecule has 1 aromatic carbocycles. The van der Waals surface area contributed by atoms with Crippen LogP contribution in [0.5, 0.6) is 0 Å². The van der Waals surface area contributed by atoms with Crippen LogP contribution in [0.25, 0.3) is 0 Å². The summed E-state index contributed by atoms with van der Waals surface area (Å²) in [6, 6.07) is 7.24. The molecule has 20 heavy (non-hydrogen) atoms. The Kier molecular flexibility index (Phi) is 4.53. The number of aromatic nitrogens is 2. The summed E-state index contributed by atoms with van der Waals surface area (Å²) in [4.78, 5) is 0. The van der Waals surface area contributed by atoms with E-state index in [1.165, 1.54) is 0 Å². The van der Waals surface area contributed by atoms with Crippen molar-refractivity contribution >= 4 is 28.9 Å². The van der Waals surface area contributed by atoms with Crippen molar-refractivity contribution in [2.45, 2.75) is 26.9 Å². The molecule has 0 aliphatic carbocycles. The fraction of sp³-hybridized carbons (Fsp3) is 0.286. The van der Waals surface area contributed by atoms with Crippen LogP contribution in [-0.4, -0.2) is 9.78 Å². The Labute approximate surface area is 127 Å². The molecule has 0 aliphatic rings. The summed E-state index contributed by atoms with van der Waals surface area (Å²) in [6.07, 6.45) is 0. The molecule has 1 heterocycles. The smallest absolute Gasteiger partial charge is 0.101 e. The molecule has 0 radical (unpaired) electrons. The predicted octanol–water partition coefficient (Wildman–Crippen LogP) is 4.00. The predicted molar refractivity (Wildman–Crippen MR) is 81.1 cm³/mol. The molecule has 0 saturated carbocycles. The highest BCUT2D eigenvalue weighted by atomic mass is 35.5. The number of hydrogen-bond donors (Lipinski definition) is 1. The molecular formula is C14H14Cl2N4. The van der Waals surface area contributed by atoms with E-state index < -0.39 is 0 Å². The molecule has 1 N–H and O–H groups in total. The Bertz CT molecular complexity index is 671. The molecular weight excluding hydrogens is 295 g/mol. The topological polar surface area (TPSA) is 53.6 Å². The lowest BCUT2D eigenvalue weighted by Gasteiger charge is -2.10. The Hall–Kier alpha value is -1.70. The molecule has 1 aromatic heterocycles. The van der Waals surface area contributed by atoms with Crippen molar-refractivity contribution < 1.29 is 0 Å². The maximum Gasteiger partial charge on any atom is 0.101 e. The van der Waals surface area contributed by atoms with Gasteiger partial charge in [0.2, 0.25) is 0 Å². The second-order valence-corrected chi connectivity index (χ2v) is 5.13. The second kappa shape index (κ2) is 6.17. The fourth-order valence-corrected chi connectivity index (χ4v) is 2.35. The van der Waals surface area contributed by atoms with Crippen molar-refractivity contribution in [3.63, 3.8) is 0 Å². The molecule has 0 amide bonds. The van der Waals surface area contributed by atoms with Crippen LogP contribution >= 0.6 is 23.2 Å². The van der Waals surface area contributed by atoms with Gasteiger partial charge in [0.15, 0.2) is 0 Å². The highest BCUT2D eigenvalue weighted by molar-refractivity contribution is 6.32. The van der Waals surface area contributed by atoms with Crippen LogP contribution < -0.4 is 5.32 Å². The lowest BCUT2D eigenvalue weighted by Crippen LogP contribution is -2.09. The van der Waals surface area contributed by atoms with E-state index in [0.29, 0.717) is 27.8 Å². The Morgan fingerprint density at radius 3 is 2.80 bits per heavy atom. The minimum atomic E-state index is 0.489. The van der Waals surface area contributed by atoms with Crippen molar-refractivity contribution in [3.8, 4) is 6.07 Å². The average molecular weight is 309 g/mol. The first-order valence-electron chi connectivity index (χ1n) is 6.22. The number of aryl methyl sites for hydroxylation is 2. The third kappa shape index (κ3) is 2.90. The van der Waals surface area contributed by atoms with Gasteiger partial charge in [-0.05, 0) is 32.0 Å². The van der Waals surface area contributed by atoms with Gasteiger partial charge in [-0.3, -0.25) is 4.68 Å². The van der Waals surface area contributed by atoms with E-state index in [9.17, 15) is 0 Å². The molecule has 0 spiro atoms. The quantitative estimate of drug-likeness (QED) is 0.928. The van der Waals surface area contributed by atoms with Crippen LogP contribution in [-0.2, 0) is 13.1 Å². The van der Waals surface area contributed by atoms with Gasteiger partial charge in [-0.2, -0.15) is 10.4 Å². The van der Waals surface area contributed by atoms with Gasteiger partial charge in [-0.15, -0.1) is 0 Å². The van der Waals surface area contributed by atoms with Crippen molar-refractivity contribution in [2.24, 2.45) is 0 Å². The number of anilines is 1. The summed E-state index contributed by atoms with van der Waals surface area (Å²) in [7, 11) is 0. The first-order chi connectivity index (χ1) is 9.56. The lowest BCUT2D eigenvalue weighted by atomic mass is 10.2. The van der Waals surface area contributed by atoms with Gasteiger partial charge in [0.05, 0.1) is 34.2 Å². The second-order valence-electron chi connectivity index (χ2n) is 4.32. The first-order valence-corrected chi connectivity index (χ1v) is 6.97. The van der Waals surface area contributed by atoms with E-state index in [0.717, 1.165) is 17.9 Å². The van der Waals surface area contributed by atoms with Gasteiger partial charge in [-0.1, -0.05) is 23.2 Å². The number of rotatable bonds is 4. The van der Waals surface area contributed by atoms with Crippen molar-refractivity contribution in [2.75, 3.05) is 5.32 Å². The van der Waals surface area contributed by atoms with Gasteiger partial charge >= 0.3 is 0 Å². The molecule has 0 fully saturated rings. The molecule has 2 rings (SSSR count). The number of benzene rings is 1. The number of hydrogen-bond acceptors (Lipinski definition) is 3. The first kappa shape index (κ1) is 14.7. The van der Waals surface area contributed by atoms with E-state index in [4.69, 9.17) is 28.5 Å². The van der Waals surface area contributed by atoms with Crippen LogP contribution in [0.2, 0.25) is 10.0 Å². The highest BCUT2D eigenvalue weighted by Gasteiger charge is 2.13. The molecule has 6 heteroatoms. The molecule has 2 aromatic rings. The number of halogens is 2. The van der Waals surface area contributed by atoms with Crippen LogP contribution in [0.4, 0.5) is 5.69 Å². The number of nitriles is 1. The molecule has 0 saturated heterocycles. The molecule has 0 unspecified atom stereocenters. The van der Waals surface area contributed by atoms with Crippen LogP contribution in [0.15, 0.2) is 18.2 Å². The SMILES string of the molecule is CCn1nc(C)c(Cl)c1CNc1cc(Cl)ccc1C#N. The normalized spacial score (nSPS) is 10.3. The standard InChI is InChI=1S/C14H14Cl2N4/c1-3-20-13(14(16)9(2)19-20)8-18-12-6-11(15)5-4-10(12)7-17/h4-6,18H,3,8H2,1-2H3. The minimum Gasteiger partial charge on any atom is -0.378 e. The summed E-state index contributed by atoms with van der Waals surface area (Å²) in [6.45, 7) is 5.11. The summed E-state index contributed by atoms with van der Waals surface area (Å²) in [5.41, 5.74) is 2.94. The Morgan fingerprint density at radius 1 is 1.40 bits per heavy atom. The zero-order valence-electron chi connectivity index (χ0n) is 11.2. The maximum absolute atomic E-state index is 9.09. The molecule has 104 valence electrons. The third-order valence-electron chi connectivity index (χ3n) is 3.00. The van der Waals surface area contributed by atoms with Crippen LogP contribution in [0.1, 0.15) is 23.9 Å². The summed E-state index contributed by atoms with van der Waals surface area (Å²) < 4.78 is 1.85. The highest BCUT2D eigenvalue weighted by Crippen LogP contribution is 2.24. The van der Waals surface area contributed by atoms with Gasteiger partial charge in [0.25, 0.3) is 0 Å². The molecule has 0 atom stereocenters. The average Bonchev–Trinajstić information content (AvgIpc) is 2.72. The summed E-state index contributed by atoms with van der Waals surface area (Å²) in [5, 5.41) is 17.9. The maximum atomic E-state index is 9.09. The molecule has 0 aliphatic heterocycles. The fourth-order valence-electron chi connectivity index (χ4n) is 1.98. The van der Waals surface area contributed by atoms with E-state index in [1.54, 1.807) is 18.2 Å². The summed E-state index contributed by atoms with van der Waals surface area (Å²) in [5.74, 6) is 0. The van der Waals surface area contributed by atoms with Crippen molar-refractivity contribution in [3.05, 3.63) is 45.2 Å². The van der Waals surface area contributed by atoms with Crippen molar-refractivity contribution in [1.82, 2.24) is 9.78 Å². The zero-order chi connectivity index (χ0) is 14.7. The third-order valence-corrected chi connectivity index (χ3v) is 3.73. The molecule has 4 nitrogen and oxygen atoms in total. The number of nitrogens with zero attached hydrogens (tertiary/aromatic N) is 3. The van der Waals surface area contributed by atoms with Crippen LogP contribution in [0, 0.1) is 18.3 Å². The monoisotopic (exact) mass is 308 g/mol. The van der Waals surface area contributed by atoms with Crippen LogP contribution in [0.3, 0.4) is 0 Å². The zero-order valence-corrected chi connectivity index (χ0v) is 12.8. The Balaban J connectivity index is 2.25.